The van der Waals surface area contributed by atoms with Crippen LogP contribution in [0.25, 0.3) is 0 Å². The van der Waals surface area contributed by atoms with Crippen molar-refractivity contribution in [2.45, 2.75) is 12.3 Å². The van der Waals surface area contributed by atoms with Crippen molar-refractivity contribution in [3.63, 3.8) is 0 Å². The highest BCUT2D eigenvalue weighted by Gasteiger charge is 2.17. The lowest BCUT2D eigenvalue weighted by atomic mass is 9.92. The van der Waals surface area contributed by atoms with Crippen molar-refractivity contribution < 1.29 is 5.11 Å². The molecular weight excluding hydrogens is 281 g/mol. The lowest BCUT2D eigenvalue weighted by molar-refractivity contribution is 0.474. The zero-order chi connectivity index (χ0) is 13.8. The second-order valence-corrected chi connectivity index (χ2v) is 5.26. The predicted molar refractivity (Wildman–Crippen MR) is 80.1 cm³/mol. The van der Waals surface area contributed by atoms with Gasteiger partial charge >= 0.3 is 0 Å². The number of hydrogen-bond donors (Lipinski definition) is 2. The van der Waals surface area contributed by atoms with E-state index in [2.05, 4.69) is 0 Å². The molecule has 2 aromatic carbocycles. The molecule has 0 aliphatic rings. The fourth-order valence-electron chi connectivity index (χ4n) is 2.17. The summed E-state index contributed by atoms with van der Waals surface area (Å²) in [6.45, 7) is 0.444. The van der Waals surface area contributed by atoms with Crippen LogP contribution >= 0.6 is 23.2 Å². The smallest absolute Gasteiger partial charge is 0.115 e. The molecule has 0 aliphatic carbocycles. The van der Waals surface area contributed by atoms with Gasteiger partial charge in [-0.2, -0.15) is 0 Å². The molecule has 0 fully saturated rings. The van der Waals surface area contributed by atoms with E-state index < -0.39 is 0 Å². The molecule has 4 heteroatoms. The third-order valence-electron chi connectivity index (χ3n) is 3.09. The first-order valence-corrected chi connectivity index (χ1v) is 6.79. The number of hydrogen-bond acceptors (Lipinski definition) is 2. The molecule has 0 amide bonds. The molecule has 1 atom stereocenters. The average Bonchev–Trinajstić information content (AvgIpc) is 2.37. The molecule has 0 bridgehead atoms. The van der Waals surface area contributed by atoms with Crippen molar-refractivity contribution in [2.24, 2.45) is 5.73 Å². The van der Waals surface area contributed by atoms with Crippen molar-refractivity contribution in [2.75, 3.05) is 6.54 Å². The maximum absolute atomic E-state index is 9.50. The van der Waals surface area contributed by atoms with Gasteiger partial charge in [-0.05, 0) is 48.4 Å². The van der Waals surface area contributed by atoms with E-state index in [1.807, 2.05) is 30.3 Å². The summed E-state index contributed by atoms with van der Waals surface area (Å²) >= 11 is 12.4. The lowest BCUT2D eigenvalue weighted by Gasteiger charge is -2.18. The topological polar surface area (TPSA) is 46.2 Å². The Hall–Kier alpha value is -1.22. The van der Waals surface area contributed by atoms with E-state index in [-0.39, 0.29) is 11.7 Å². The van der Waals surface area contributed by atoms with Crippen molar-refractivity contribution in [3.05, 3.63) is 63.6 Å². The van der Waals surface area contributed by atoms with Gasteiger partial charge < -0.3 is 10.8 Å². The highest BCUT2D eigenvalue weighted by atomic mass is 35.5. The molecule has 0 saturated carbocycles. The van der Waals surface area contributed by atoms with Crippen molar-refractivity contribution in [1.82, 2.24) is 0 Å². The molecule has 2 aromatic rings. The molecule has 100 valence electrons. The molecule has 3 N–H and O–H groups in total. The van der Waals surface area contributed by atoms with E-state index in [0.29, 0.717) is 23.0 Å². The normalized spacial score (nSPS) is 12.4. The van der Waals surface area contributed by atoms with Crippen LogP contribution in [-0.2, 0) is 6.42 Å². The summed E-state index contributed by atoms with van der Waals surface area (Å²) < 4.78 is 0. The Balaban J connectivity index is 2.30. The summed E-state index contributed by atoms with van der Waals surface area (Å²) in [6.07, 6.45) is 0.689. The Bertz CT molecular complexity index is 552. The molecule has 0 saturated heterocycles. The van der Waals surface area contributed by atoms with Gasteiger partial charge in [0.2, 0.25) is 0 Å². The van der Waals surface area contributed by atoms with Gasteiger partial charge in [0.15, 0.2) is 0 Å². The maximum Gasteiger partial charge on any atom is 0.115 e. The van der Waals surface area contributed by atoms with Gasteiger partial charge in [0, 0.05) is 16.0 Å². The van der Waals surface area contributed by atoms with Crippen LogP contribution in [0.15, 0.2) is 42.5 Å². The largest absolute Gasteiger partial charge is 0.508 e. The monoisotopic (exact) mass is 295 g/mol. The van der Waals surface area contributed by atoms with Crippen LogP contribution in [0, 0.1) is 0 Å². The molecule has 19 heavy (non-hydrogen) atoms. The van der Waals surface area contributed by atoms with Gasteiger partial charge in [0.1, 0.15) is 5.75 Å². The second kappa shape index (κ2) is 6.29. The molecular formula is C15H15Cl2NO. The number of rotatable bonds is 4. The number of phenolic OH excluding ortho intramolecular Hbond substituents is 1. The van der Waals surface area contributed by atoms with Crippen molar-refractivity contribution in [3.8, 4) is 5.75 Å². The fourth-order valence-corrected chi connectivity index (χ4v) is 2.88. The third kappa shape index (κ3) is 3.41. The van der Waals surface area contributed by atoms with Crippen molar-refractivity contribution in [1.29, 1.82) is 0 Å². The highest BCUT2D eigenvalue weighted by Crippen LogP contribution is 2.33. The van der Waals surface area contributed by atoms with Gasteiger partial charge in [-0.25, -0.2) is 0 Å². The van der Waals surface area contributed by atoms with E-state index in [1.165, 1.54) is 0 Å². The van der Waals surface area contributed by atoms with Crippen LogP contribution in [0.4, 0.5) is 0 Å². The van der Waals surface area contributed by atoms with Crippen LogP contribution in [-0.4, -0.2) is 11.7 Å². The van der Waals surface area contributed by atoms with Crippen LogP contribution in [0.1, 0.15) is 17.0 Å². The van der Waals surface area contributed by atoms with Crippen LogP contribution in [0.3, 0.4) is 0 Å². The number of halogens is 2. The fraction of sp³-hybridized carbons (Fsp3) is 0.200. The zero-order valence-corrected chi connectivity index (χ0v) is 11.8. The first kappa shape index (κ1) is 14.2. The standard InChI is InChI=1S/C15H15Cl2NO/c16-13-5-2-6-14(17)15(13)11(9-18)7-10-3-1-4-12(19)8-10/h1-6,8,11,19H,7,9,18H2. The molecule has 0 radical (unpaired) electrons. The predicted octanol–water partition coefficient (Wildman–Crippen LogP) is 3.98. The maximum atomic E-state index is 9.50. The minimum Gasteiger partial charge on any atom is -0.508 e. The van der Waals surface area contributed by atoms with E-state index in [1.54, 1.807) is 12.1 Å². The number of aromatic hydroxyl groups is 1. The molecule has 0 heterocycles. The zero-order valence-electron chi connectivity index (χ0n) is 10.3. The summed E-state index contributed by atoms with van der Waals surface area (Å²) in [6, 6.07) is 12.6. The van der Waals surface area contributed by atoms with Crippen LogP contribution in [0.5, 0.6) is 5.75 Å². The summed E-state index contributed by atoms with van der Waals surface area (Å²) in [4.78, 5) is 0. The minimum absolute atomic E-state index is 0.0306. The number of nitrogens with two attached hydrogens (primary N) is 1. The first-order chi connectivity index (χ1) is 9.11. The Morgan fingerprint density at radius 3 is 2.26 bits per heavy atom. The van der Waals surface area contributed by atoms with Gasteiger partial charge in [-0.1, -0.05) is 41.4 Å². The molecule has 1 unspecified atom stereocenters. The Morgan fingerprint density at radius 1 is 1.05 bits per heavy atom. The van der Waals surface area contributed by atoms with E-state index in [4.69, 9.17) is 28.9 Å². The van der Waals surface area contributed by atoms with Gasteiger partial charge in [-0.15, -0.1) is 0 Å². The summed E-state index contributed by atoms with van der Waals surface area (Å²) in [7, 11) is 0. The molecule has 0 aliphatic heterocycles. The first-order valence-electron chi connectivity index (χ1n) is 6.03. The molecule has 2 nitrogen and oxygen atoms in total. The van der Waals surface area contributed by atoms with Crippen LogP contribution in [0.2, 0.25) is 10.0 Å². The Morgan fingerprint density at radius 2 is 1.68 bits per heavy atom. The quantitative estimate of drug-likeness (QED) is 0.896. The van der Waals surface area contributed by atoms with E-state index >= 15 is 0 Å². The number of phenols is 1. The van der Waals surface area contributed by atoms with E-state index in [9.17, 15) is 5.11 Å². The van der Waals surface area contributed by atoms with Crippen molar-refractivity contribution >= 4 is 23.2 Å². The van der Waals surface area contributed by atoms with E-state index in [0.717, 1.165) is 11.1 Å². The Kier molecular flexibility index (Phi) is 4.70. The average molecular weight is 296 g/mol. The Labute approximate surface area is 122 Å². The second-order valence-electron chi connectivity index (χ2n) is 4.44. The van der Waals surface area contributed by atoms with Gasteiger partial charge in [-0.3, -0.25) is 0 Å². The molecule has 0 spiro atoms. The van der Waals surface area contributed by atoms with Gasteiger partial charge in [0.25, 0.3) is 0 Å². The SMILES string of the molecule is NCC(Cc1cccc(O)c1)c1c(Cl)cccc1Cl. The van der Waals surface area contributed by atoms with Crippen LogP contribution < -0.4 is 5.73 Å². The summed E-state index contributed by atoms with van der Waals surface area (Å²) in [5.41, 5.74) is 7.73. The minimum atomic E-state index is 0.0306. The molecule has 2 rings (SSSR count). The highest BCUT2D eigenvalue weighted by molar-refractivity contribution is 6.36. The summed E-state index contributed by atoms with van der Waals surface area (Å²) in [5.74, 6) is 0.279. The third-order valence-corrected chi connectivity index (χ3v) is 3.74. The number of benzene rings is 2. The summed E-state index contributed by atoms with van der Waals surface area (Å²) in [5, 5.41) is 10.8. The van der Waals surface area contributed by atoms with Gasteiger partial charge in [0.05, 0.1) is 0 Å². The lowest BCUT2D eigenvalue weighted by Crippen LogP contribution is -2.16. The molecule has 0 aromatic heterocycles.